The van der Waals surface area contributed by atoms with Crippen molar-refractivity contribution in [3.05, 3.63) is 35.1 Å². The van der Waals surface area contributed by atoms with Crippen LogP contribution in [-0.4, -0.2) is 5.11 Å². The molecule has 1 aromatic carbocycles. The lowest BCUT2D eigenvalue weighted by Crippen LogP contribution is -2.30. The van der Waals surface area contributed by atoms with E-state index in [1.807, 2.05) is 6.92 Å². The average Bonchev–Trinajstić information content (AvgIpc) is 2.41. The molecule has 1 fully saturated rings. The minimum atomic E-state index is -1.03. The summed E-state index contributed by atoms with van der Waals surface area (Å²) < 4.78 is 13.8. The van der Waals surface area contributed by atoms with E-state index in [4.69, 9.17) is 0 Å². The molecular formula is C15H18FNO. The van der Waals surface area contributed by atoms with Gasteiger partial charge in [-0.15, -0.1) is 0 Å². The Morgan fingerprint density at radius 2 is 2.00 bits per heavy atom. The summed E-state index contributed by atoms with van der Waals surface area (Å²) in [5.41, 5.74) is 0.347. The van der Waals surface area contributed by atoms with Gasteiger partial charge >= 0.3 is 0 Å². The van der Waals surface area contributed by atoms with E-state index in [9.17, 15) is 14.8 Å². The van der Waals surface area contributed by atoms with Crippen LogP contribution in [0.5, 0.6) is 0 Å². The first-order valence-electron chi connectivity index (χ1n) is 6.44. The zero-order chi connectivity index (χ0) is 13.2. The van der Waals surface area contributed by atoms with Crippen molar-refractivity contribution in [2.75, 3.05) is 0 Å². The smallest absolute Gasteiger partial charge is 0.129 e. The van der Waals surface area contributed by atoms with Crippen molar-refractivity contribution in [3.8, 4) is 6.07 Å². The fourth-order valence-electron chi connectivity index (χ4n) is 2.80. The summed E-state index contributed by atoms with van der Waals surface area (Å²) in [4.78, 5) is 0. The predicted molar refractivity (Wildman–Crippen MR) is 67.2 cm³/mol. The third kappa shape index (κ3) is 2.26. The molecule has 1 atom stereocenters. The first kappa shape index (κ1) is 13.0. The Labute approximate surface area is 107 Å². The van der Waals surface area contributed by atoms with Crippen molar-refractivity contribution in [1.82, 2.24) is 0 Å². The first-order chi connectivity index (χ1) is 8.59. The number of hydrogen-bond donors (Lipinski definition) is 1. The third-order valence-corrected chi connectivity index (χ3v) is 3.94. The summed E-state index contributed by atoms with van der Waals surface area (Å²) >= 11 is 0. The van der Waals surface area contributed by atoms with Gasteiger partial charge in [-0.2, -0.15) is 5.26 Å². The molecule has 1 aliphatic carbocycles. The van der Waals surface area contributed by atoms with Crippen LogP contribution in [0, 0.1) is 29.5 Å². The first-order valence-corrected chi connectivity index (χ1v) is 6.44. The largest absolute Gasteiger partial charge is 0.387 e. The summed E-state index contributed by atoms with van der Waals surface area (Å²) in [6.07, 6.45) is 3.22. The summed E-state index contributed by atoms with van der Waals surface area (Å²) in [5.74, 6) is -0.423. The van der Waals surface area contributed by atoms with Crippen LogP contribution in [0.25, 0.3) is 0 Å². The molecule has 96 valence electrons. The zero-order valence-corrected chi connectivity index (χ0v) is 10.6. The van der Waals surface area contributed by atoms with Gasteiger partial charge in [0.2, 0.25) is 0 Å². The molecule has 18 heavy (non-hydrogen) atoms. The second-order valence-corrected chi connectivity index (χ2v) is 5.26. The highest BCUT2D eigenvalue weighted by atomic mass is 19.1. The Kier molecular flexibility index (Phi) is 3.68. The van der Waals surface area contributed by atoms with Crippen molar-refractivity contribution in [3.63, 3.8) is 0 Å². The predicted octanol–water partition coefficient (Wildman–Crippen LogP) is 3.64. The van der Waals surface area contributed by atoms with Gasteiger partial charge in [0.15, 0.2) is 0 Å². The van der Waals surface area contributed by atoms with Gasteiger partial charge in [0.1, 0.15) is 11.9 Å². The fourth-order valence-corrected chi connectivity index (χ4v) is 2.80. The highest BCUT2D eigenvalue weighted by molar-refractivity contribution is 5.29. The van der Waals surface area contributed by atoms with Crippen LogP contribution in [0.2, 0.25) is 0 Å². The molecule has 0 heterocycles. The lowest BCUT2D eigenvalue weighted by molar-refractivity contribution is 0.0333. The molecule has 0 aromatic heterocycles. The minimum Gasteiger partial charge on any atom is -0.387 e. The maximum atomic E-state index is 13.8. The number of nitrogens with zero attached hydrogens (tertiary/aromatic N) is 1. The van der Waals surface area contributed by atoms with Gasteiger partial charge in [-0.05, 0) is 25.8 Å². The molecule has 3 heteroatoms. The number of aliphatic hydroxyl groups excluding tert-OH is 1. The standard InChI is InChI=1S/C15H18FNO/c1-11-5-6-13(16)12(9-11)14(18)15(10-17)7-3-2-4-8-15/h5-6,9,14,18H,2-4,7-8H2,1H3. The number of nitriles is 1. The van der Waals surface area contributed by atoms with Crippen LogP contribution < -0.4 is 0 Å². The third-order valence-electron chi connectivity index (χ3n) is 3.94. The van der Waals surface area contributed by atoms with E-state index in [1.165, 1.54) is 6.07 Å². The fraction of sp³-hybridized carbons (Fsp3) is 0.533. The second-order valence-electron chi connectivity index (χ2n) is 5.26. The SMILES string of the molecule is Cc1ccc(F)c(C(O)C2(C#N)CCCCC2)c1. The highest BCUT2D eigenvalue weighted by Crippen LogP contribution is 2.46. The lowest BCUT2D eigenvalue weighted by atomic mass is 9.69. The zero-order valence-electron chi connectivity index (χ0n) is 10.6. The Morgan fingerprint density at radius 3 is 2.61 bits per heavy atom. The summed E-state index contributed by atoms with van der Waals surface area (Å²) in [7, 11) is 0. The average molecular weight is 247 g/mol. The molecule has 1 saturated carbocycles. The van der Waals surface area contributed by atoms with Gasteiger partial charge in [0.25, 0.3) is 0 Å². The molecule has 2 rings (SSSR count). The normalized spacial score (nSPS) is 20.1. The minimum absolute atomic E-state index is 0.262. The number of halogens is 1. The van der Waals surface area contributed by atoms with Crippen LogP contribution >= 0.6 is 0 Å². The number of rotatable bonds is 2. The van der Waals surface area contributed by atoms with Gasteiger partial charge < -0.3 is 5.11 Å². The number of aliphatic hydroxyl groups is 1. The van der Waals surface area contributed by atoms with Crippen molar-refractivity contribution in [1.29, 1.82) is 5.26 Å². The van der Waals surface area contributed by atoms with Gasteiger partial charge in [-0.1, -0.05) is 37.0 Å². The monoisotopic (exact) mass is 247 g/mol. The van der Waals surface area contributed by atoms with Crippen molar-refractivity contribution in [2.24, 2.45) is 5.41 Å². The van der Waals surface area contributed by atoms with E-state index in [1.54, 1.807) is 12.1 Å². The maximum absolute atomic E-state index is 13.8. The molecule has 0 amide bonds. The summed E-state index contributed by atoms with van der Waals surface area (Å²) in [6.45, 7) is 1.86. The molecule has 1 aliphatic rings. The Balaban J connectivity index is 2.37. The van der Waals surface area contributed by atoms with Gasteiger partial charge in [-0.3, -0.25) is 0 Å². The molecule has 0 aliphatic heterocycles. The Hall–Kier alpha value is -1.40. The van der Waals surface area contributed by atoms with Gasteiger partial charge in [0.05, 0.1) is 11.5 Å². The van der Waals surface area contributed by atoms with Crippen molar-refractivity contribution >= 4 is 0 Å². The summed E-state index contributed by atoms with van der Waals surface area (Å²) in [5, 5.41) is 19.8. The van der Waals surface area contributed by atoms with Crippen LogP contribution in [0.15, 0.2) is 18.2 Å². The molecule has 1 aromatic rings. The van der Waals surface area contributed by atoms with Gasteiger partial charge in [-0.25, -0.2) is 4.39 Å². The van der Waals surface area contributed by atoms with E-state index < -0.39 is 17.3 Å². The summed E-state index contributed by atoms with van der Waals surface area (Å²) in [6, 6.07) is 6.93. The molecule has 0 bridgehead atoms. The van der Waals surface area contributed by atoms with Gasteiger partial charge in [0, 0.05) is 5.56 Å². The quantitative estimate of drug-likeness (QED) is 0.867. The Bertz CT molecular complexity index is 472. The van der Waals surface area contributed by atoms with Crippen molar-refractivity contribution < 1.29 is 9.50 Å². The Morgan fingerprint density at radius 1 is 1.33 bits per heavy atom. The van der Waals surface area contributed by atoms with Crippen LogP contribution in [0.3, 0.4) is 0 Å². The molecule has 1 N–H and O–H groups in total. The molecule has 2 nitrogen and oxygen atoms in total. The molecule has 0 saturated heterocycles. The van der Waals surface area contributed by atoms with Crippen LogP contribution in [0.1, 0.15) is 49.3 Å². The van der Waals surface area contributed by atoms with E-state index in [0.717, 1.165) is 24.8 Å². The molecule has 0 radical (unpaired) electrons. The maximum Gasteiger partial charge on any atom is 0.129 e. The number of benzene rings is 1. The van der Waals surface area contributed by atoms with E-state index in [-0.39, 0.29) is 5.56 Å². The topological polar surface area (TPSA) is 44.0 Å². The van der Waals surface area contributed by atoms with E-state index in [0.29, 0.717) is 12.8 Å². The number of hydrogen-bond acceptors (Lipinski definition) is 2. The van der Waals surface area contributed by atoms with E-state index in [2.05, 4.69) is 6.07 Å². The van der Waals surface area contributed by atoms with Crippen molar-refractivity contribution in [2.45, 2.75) is 45.1 Å². The lowest BCUT2D eigenvalue weighted by Gasteiger charge is -2.35. The molecule has 1 unspecified atom stereocenters. The van der Waals surface area contributed by atoms with Crippen LogP contribution in [-0.2, 0) is 0 Å². The number of aryl methyl sites for hydroxylation is 1. The van der Waals surface area contributed by atoms with Crippen LogP contribution in [0.4, 0.5) is 4.39 Å². The highest BCUT2D eigenvalue weighted by Gasteiger charge is 2.41. The molecule has 0 spiro atoms. The second kappa shape index (κ2) is 5.07. The molecular weight excluding hydrogens is 229 g/mol. The van der Waals surface area contributed by atoms with E-state index >= 15 is 0 Å².